The topological polar surface area (TPSA) is 64.3 Å². The van der Waals surface area contributed by atoms with E-state index >= 15 is 0 Å². The summed E-state index contributed by atoms with van der Waals surface area (Å²) >= 11 is 1.76. The Morgan fingerprint density at radius 2 is 2.28 bits per heavy atom. The number of anilines is 1. The van der Waals surface area contributed by atoms with Gasteiger partial charge in [-0.2, -0.15) is 4.98 Å². The van der Waals surface area contributed by atoms with Gasteiger partial charge in [0, 0.05) is 26.6 Å². The molecular weight excluding hydrogens is 336 g/mol. The number of benzene rings is 1. The van der Waals surface area contributed by atoms with Gasteiger partial charge >= 0.3 is 0 Å². The van der Waals surface area contributed by atoms with Crippen LogP contribution in [0.5, 0.6) is 0 Å². The predicted molar refractivity (Wildman–Crippen MR) is 98.4 cm³/mol. The van der Waals surface area contributed by atoms with Crippen LogP contribution in [0.1, 0.15) is 36.0 Å². The van der Waals surface area contributed by atoms with Gasteiger partial charge in [-0.15, -0.1) is 0 Å². The molecule has 2 aromatic heterocycles. The molecule has 0 radical (unpaired) electrons. The first kappa shape index (κ1) is 16.5. The smallest absolute Gasteiger partial charge is 0.231 e. The highest BCUT2D eigenvalue weighted by atomic mass is 32.1. The molecule has 6 nitrogen and oxygen atoms in total. The molecule has 3 heterocycles. The summed E-state index contributed by atoms with van der Waals surface area (Å²) in [6.45, 7) is 4.64. The predicted octanol–water partition coefficient (Wildman–Crippen LogP) is 3.56. The first-order valence-electron chi connectivity index (χ1n) is 8.66. The third kappa shape index (κ3) is 3.52. The fraction of sp³-hybridized carbons (Fsp3) is 0.500. The maximum absolute atomic E-state index is 5.50. The number of piperidine rings is 1. The minimum absolute atomic E-state index is 0.270. The highest BCUT2D eigenvalue weighted by Crippen LogP contribution is 2.34. The Hall–Kier alpha value is -1.99. The molecule has 4 rings (SSSR count). The Bertz CT molecular complexity index is 860. The van der Waals surface area contributed by atoms with E-state index < -0.39 is 0 Å². The summed E-state index contributed by atoms with van der Waals surface area (Å²) in [7, 11) is 1.68. The minimum Gasteiger partial charge on any atom is -0.384 e. The largest absolute Gasteiger partial charge is 0.384 e. The molecule has 1 atom stereocenters. The van der Waals surface area contributed by atoms with Gasteiger partial charge in [0.05, 0.1) is 22.7 Å². The molecule has 132 valence electrons. The Balaban J connectivity index is 1.50. The Labute approximate surface area is 150 Å². The second-order valence-corrected chi connectivity index (χ2v) is 7.55. The van der Waals surface area contributed by atoms with E-state index in [1.54, 1.807) is 18.4 Å². The molecule has 1 fully saturated rings. The maximum Gasteiger partial charge on any atom is 0.231 e. The van der Waals surface area contributed by atoms with Crippen molar-refractivity contribution in [3.63, 3.8) is 0 Å². The van der Waals surface area contributed by atoms with E-state index in [4.69, 9.17) is 14.2 Å². The molecule has 0 saturated carbocycles. The highest BCUT2D eigenvalue weighted by Gasteiger charge is 2.27. The zero-order valence-electron chi connectivity index (χ0n) is 14.6. The third-order valence-electron chi connectivity index (χ3n) is 4.59. The Kier molecular flexibility index (Phi) is 4.67. The summed E-state index contributed by atoms with van der Waals surface area (Å²) < 4.78 is 11.8. The first-order chi connectivity index (χ1) is 12.2. The van der Waals surface area contributed by atoms with Gasteiger partial charge in [0.25, 0.3) is 0 Å². The molecule has 1 aliphatic rings. The van der Waals surface area contributed by atoms with Crippen molar-refractivity contribution >= 4 is 26.7 Å². The fourth-order valence-electron chi connectivity index (χ4n) is 3.24. The molecule has 0 unspecified atom stereocenters. The summed E-state index contributed by atoms with van der Waals surface area (Å²) in [6, 6.07) is 6.43. The standard InChI is InChI=1S/C18H22N4O2S/c1-12-5-6-14-15(10-12)25-18(19-14)22-8-3-4-13(11-22)17-20-16(21-24-17)7-9-23-2/h5-6,10,13H,3-4,7-9,11H2,1-2H3/t13-/m0/s1. The summed E-state index contributed by atoms with van der Waals surface area (Å²) in [5.41, 5.74) is 2.35. The Morgan fingerprint density at radius 1 is 1.36 bits per heavy atom. The first-order valence-corrected chi connectivity index (χ1v) is 9.48. The average Bonchev–Trinajstić information content (AvgIpc) is 3.26. The minimum atomic E-state index is 0.270. The van der Waals surface area contributed by atoms with Crippen LogP contribution in [0.2, 0.25) is 0 Å². The number of thiazole rings is 1. The quantitative estimate of drug-likeness (QED) is 0.695. The molecule has 0 amide bonds. The van der Waals surface area contributed by atoms with Crippen molar-refractivity contribution in [2.45, 2.75) is 32.1 Å². The van der Waals surface area contributed by atoms with Gasteiger partial charge in [-0.25, -0.2) is 4.98 Å². The van der Waals surface area contributed by atoms with Crippen molar-refractivity contribution in [2.75, 3.05) is 31.7 Å². The van der Waals surface area contributed by atoms with E-state index in [0.717, 1.165) is 48.3 Å². The average molecular weight is 358 g/mol. The number of hydrogen-bond acceptors (Lipinski definition) is 7. The molecule has 25 heavy (non-hydrogen) atoms. The van der Waals surface area contributed by atoms with Crippen LogP contribution in [0.25, 0.3) is 10.2 Å². The second kappa shape index (κ2) is 7.09. The number of fused-ring (bicyclic) bond motifs is 1. The van der Waals surface area contributed by atoms with E-state index in [9.17, 15) is 0 Å². The second-order valence-electron chi connectivity index (χ2n) is 6.54. The number of ether oxygens (including phenoxy) is 1. The van der Waals surface area contributed by atoms with E-state index in [-0.39, 0.29) is 5.92 Å². The molecule has 0 aliphatic carbocycles. The van der Waals surface area contributed by atoms with Gasteiger partial charge in [0.1, 0.15) is 0 Å². The Morgan fingerprint density at radius 3 is 3.16 bits per heavy atom. The lowest BCUT2D eigenvalue weighted by molar-refractivity contribution is 0.199. The summed E-state index contributed by atoms with van der Waals surface area (Å²) in [6.07, 6.45) is 2.87. The van der Waals surface area contributed by atoms with Crippen LogP contribution in [0, 0.1) is 6.92 Å². The van der Waals surface area contributed by atoms with Crippen LogP contribution in [0.15, 0.2) is 22.7 Å². The molecule has 0 spiro atoms. The van der Waals surface area contributed by atoms with Crippen LogP contribution in [-0.4, -0.2) is 41.9 Å². The van der Waals surface area contributed by atoms with E-state index in [1.807, 2.05) is 0 Å². The monoisotopic (exact) mass is 358 g/mol. The fourth-order valence-corrected chi connectivity index (χ4v) is 4.33. The van der Waals surface area contributed by atoms with E-state index in [2.05, 4.69) is 40.2 Å². The summed E-state index contributed by atoms with van der Waals surface area (Å²) in [5, 5.41) is 5.16. The number of aromatic nitrogens is 3. The zero-order valence-corrected chi connectivity index (χ0v) is 15.4. The molecular formula is C18H22N4O2S. The summed E-state index contributed by atoms with van der Waals surface area (Å²) in [5.74, 6) is 1.74. The van der Waals surface area contributed by atoms with Gasteiger partial charge in [-0.1, -0.05) is 22.6 Å². The lowest BCUT2D eigenvalue weighted by Gasteiger charge is -2.30. The molecule has 7 heteroatoms. The van der Waals surface area contributed by atoms with Crippen molar-refractivity contribution in [2.24, 2.45) is 0 Å². The molecule has 3 aromatic rings. The number of rotatable bonds is 5. The zero-order chi connectivity index (χ0) is 17.2. The SMILES string of the molecule is COCCc1noc([C@H]2CCCN(c3nc4ccc(C)cc4s3)C2)n1. The van der Waals surface area contributed by atoms with E-state index in [0.29, 0.717) is 13.0 Å². The molecule has 0 N–H and O–H groups in total. The molecule has 1 aromatic carbocycles. The van der Waals surface area contributed by atoms with E-state index in [1.165, 1.54) is 10.3 Å². The third-order valence-corrected chi connectivity index (χ3v) is 5.67. The van der Waals surface area contributed by atoms with Crippen molar-refractivity contribution in [1.29, 1.82) is 0 Å². The van der Waals surface area contributed by atoms with Crippen molar-refractivity contribution < 1.29 is 9.26 Å². The lowest BCUT2D eigenvalue weighted by Crippen LogP contribution is -2.34. The molecule has 1 aliphatic heterocycles. The number of methoxy groups -OCH3 is 1. The highest BCUT2D eigenvalue weighted by molar-refractivity contribution is 7.22. The van der Waals surface area contributed by atoms with Gasteiger partial charge in [-0.3, -0.25) is 0 Å². The van der Waals surface area contributed by atoms with Gasteiger partial charge in [0.2, 0.25) is 5.89 Å². The van der Waals surface area contributed by atoms with Crippen LogP contribution < -0.4 is 4.90 Å². The van der Waals surface area contributed by atoms with Crippen LogP contribution in [0.3, 0.4) is 0 Å². The normalized spacial score (nSPS) is 18.2. The van der Waals surface area contributed by atoms with Gasteiger partial charge in [0.15, 0.2) is 11.0 Å². The van der Waals surface area contributed by atoms with Crippen molar-refractivity contribution in [3.05, 3.63) is 35.5 Å². The lowest BCUT2D eigenvalue weighted by atomic mass is 9.98. The number of hydrogen-bond donors (Lipinski definition) is 0. The van der Waals surface area contributed by atoms with Gasteiger partial charge in [-0.05, 0) is 37.5 Å². The van der Waals surface area contributed by atoms with Crippen molar-refractivity contribution in [1.82, 2.24) is 15.1 Å². The summed E-state index contributed by atoms with van der Waals surface area (Å²) in [4.78, 5) is 11.7. The number of aryl methyl sites for hydroxylation is 1. The van der Waals surface area contributed by atoms with Crippen LogP contribution >= 0.6 is 11.3 Å². The molecule has 1 saturated heterocycles. The van der Waals surface area contributed by atoms with Crippen LogP contribution in [0.4, 0.5) is 5.13 Å². The van der Waals surface area contributed by atoms with Crippen molar-refractivity contribution in [3.8, 4) is 0 Å². The van der Waals surface area contributed by atoms with Crippen LogP contribution in [-0.2, 0) is 11.2 Å². The maximum atomic E-state index is 5.50. The van der Waals surface area contributed by atoms with Gasteiger partial charge < -0.3 is 14.2 Å². The molecule has 0 bridgehead atoms. The number of nitrogens with zero attached hydrogens (tertiary/aromatic N) is 4.